The Morgan fingerprint density at radius 3 is 2.70 bits per heavy atom. The van der Waals surface area contributed by atoms with Gasteiger partial charge in [-0.2, -0.15) is 5.10 Å². The number of hydrogen-bond acceptors (Lipinski definition) is 4. The van der Waals surface area contributed by atoms with E-state index in [1.54, 1.807) is 24.4 Å². The molecule has 0 aliphatic heterocycles. The Bertz CT molecular complexity index is 869. The second kappa shape index (κ2) is 4.64. The van der Waals surface area contributed by atoms with Crippen molar-refractivity contribution in [2.24, 2.45) is 0 Å². The largest absolute Gasteiger partial charge is 0.355 e. The van der Waals surface area contributed by atoms with Crippen LogP contribution in [-0.2, 0) is 9.84 Å². The molecule has 102 valence electrons. The Hall–Kier alpha value is -2.34. The zero-order valence-corrected chi connectivity index (χ0v) is 11.6. The first-order valence-electron chi connectivity index (χ1n) is 6.03. The SMILES string of the molecule is CS(=O)(=O)c1cccc(Nc2ccc3cn[nH]c3c2)c1. The van der Waals surface area contributed by atoms with Gasteiger partial charge < -0.3 is 5.32 Å². The maximum Gasteiger partial charge on any atom is 0.175 e. The second-order valence-electron chi connectivity index (χ2n) is 4.60. The lowest BCUT2D eigenvalue weighted by Crippen LogP contribution is -1.98. The van der Waals surface area contributed by atoms with Gasteiger partial charge in [0.05, 0.1) is 16.6 Å². The monoisotopic (exact) mass is 287 g/mol. The Kier molecular flexibility index (Phi) is 2.94. The van der Waals surface area contributed by atoms with Crippen molar-refractivity contribution in [3.63, 3.8) is 0 Å². The van der Waals surface area contributed by atoms with Gasteiger partial charge in [0.25, 0.3) is 0 Å². The van der Waals surface area contributed by atoms with Crippen LogP contribution < -0.4 is 5.32 Å². The number of anilines is 2. The van der Waals surface area contributed by atoms with E-state index in [0.717, 1.165) is 22.3 Å². The normalized spacial score (nSPS) is 11.7. The molecule has 5 nitrogen and oxygen atoms in total. The van der Waals surface area contributed by atoms with E-state index in [-0.39, 0.29) is 0 Å². The van der Waals surface area contributed by atoms with E-state index in [0.29, 0.717) is 4.90 Å². The molecule has 1 aromatic heterocycles. The topological polar surface area (TPSA) is 74.8 Å². The molecule has 20 heavy (non-hydrogen) atoms. The fraction of sp³-hybridized carbons (Fsp3) is 0.0714. The smallest absolute Gasteiger partial charge is 0.175 e. The highest BCUT2D eigenvalue weighted by molar-refractivity contribution is 7.90. The standard InChI is InChI=1S/C14H13N3O2S/c1-20(18,19)13-4-2-3-11(7-13)16-12-6-5-10-9-15-17-14(10)8-12/h2-9,16H,1H3,(H,15,17). The number of fused-ring (bicyclic) bond motifs is 1. The number of aromatic amines is 1. The van der Waals surface area contributed by atoms with Gasteiger partial charge in [-0.15, -0.1) is 0 Å². The maximum absolute atomic E-state index is 11.5. The summed E-state index contributed by atoms with van der Waals surface area (Å²) in [4.78, 5) is 0.296. The van der Waals surface area contributed by atoms with Gasteiger partial charge in [0, 0.05) is 23.0 Å². The van der Waals surface area contributed by atoms with Crippen LogP contribution in [0.15, 0.2) is 53.6 Å². The summed E-state index contributed by atoms with van der Waals surface area (Å²) < 4.78 is 23.1. The number of benzene rings is 2. The van der Waals surface area contributed by atoms with Crippen LogP contribution in [-0.4, -0.2) is 24.9 Å². The molecular weight excluding hydrogens is 274 g/mol. The van der Waals surface area contributed by atoms with Crippen molar-refractivity contribution in [3.05, 3.63) is 48.7 Å². The molecule has 3 rings (SSSR count). The highest BCUT2D eigenvalue weighted by atomic mass is 32.2. The fourth-order valence-electron chi connectivity index (χ4n) is 1.99. The third kappa shape index (κ3) is 2.50. The number of aromatic nitrogens is 2. The summed E-state index contributed by atoms with van der Waals surface area (Å²) in [6, 6.07) is 12.5. The molecule has 0 bridgehead atoms. The molecule has 1 heterocycles. The van der Waals surface area contributed by atoms with Crippen LogP contribution in [0, 0.1) is 0 Å². The van der Waals surface area contributed by atoms with E-state index >= 15 is 0 Å². The molecular formula is C14H13N3O2S. The summed E-state index contributed by atoms with van der Waals surface area (Å²) >= 11 is 0. The number of nitrogens with zero attached hydrogens (tertiary/aromatic N) is 1. The number of hydrogen-bond donors (Lipinski definition) is 2. The summed E-state index contributed by atoms with van der Waals surface area (Å²) in [6.07, 6.45) is 2.95. The lowest BCUT2D eigenvalue weighted by Gasteiger charge is -2.08. The van der Waals surface area contributed by atoms with Crippen molar-refractivity contribution >= 4 is 32.1 Å². The summed E-state index contributed by atoms with van der Waals surface area (Å²) in [5, 5.41) is 11.1. The first kappa shape index (κ1) is 12.7. The van der Waals surface area contributed by atoms with Crippen LogP contribution in [0.2, 0.25) is 0 Å². The average Bonchev–Trinajstić information content (AvgIpc) is 2.85. The van der Waals surface area contributed by atoms with E-state index in [4.69, 9.17) is 0 Å². The van der Waals surface area contributed by atoms with Gasteiger partial charge in [0.1, 0.15) is 0 Å². The highest BCUT2D eigenvalue weighted by Crippen LogP contribution is 2.22. The van der Waals surface area contributed by atoms with Gasteiger partial charge in [0.15, 0.2) is 9.84 Å². The molecule has 0 saturated heterocycles. The third-order valence-electron chi connectivity index (χ3n) is 2.99. The second-order valence-corrected chi connectivity index (χ2v) is 6.61. The zero-order valence-electron chi connectivity index (χ0n) is 10.8. The molecule has 0 radical (unpaired) electrons. The predicted octanol–water partition coefficient (Wildman–Crippen LogP) is 2.71. The summed E-state index contributed by atoms with van der Waals surface area (Å²) in [5.41, 5.74) is 2.52. The maximum atomic E-state index is 11.5. The molecule has 3 aromatic rings. The van der Waals surface area contributed by atoms with Gasteiger partial charge in [-0.1, -0.05) is 6.07 Å². The van der Waals surface area contributed by atoms with Crippen LogP contribution in [0.5, 0.6) is 0 Å². The van der Waals surface area contributed by atoms with Crippen LogP contribution in [0.4, 0.5) is 11.4 Å². The molecule has 0 unspecified atom stereocenters. The zero-order chi connectivity index (χ0) is 14.2. The molecule has 2 N–H and O–H groups in total. The number of sulfone groups is 1. The van der Waals surface area contributed by atoms with Crippen LogP contribution in [0.3, 0.4) is 0 Å². The van der Waals surface area contributed by atoms with Crippen molar-refractivity contribution in [1.82, 2.24) is 10.2 Å². The Morgan fingerprint density at radius 1 is 1.10 bits per heavy atom. The predicted molar refractivity (Wildman–Crippen MR) is 78.9 cm³/mol. The summed E-state index contributed by atoms with van der Waals surface area (Å²) in [6.45, 7) is 0. The molecule has 0 amide bonds. The Morgan fingerprint density at radius 2 is 1.90 bits per heavy atom. The van der Waals surface area contributed by atoms with E-state index in [9.17, 15) is 8.42 Å². The fourth-order valence-corrected chi connectivity index (χ4v) is 2.65. The molecule has 0 aliphatic rings. The molecule has 0 atom stereocenters. The molecule has 6 heteroatoms. The number of rotatable bonds is 3. The van der Waals surface area contributed by atoms with Crippen molar-refractivity contribution in [3.8, 4) is 0 Å². The molecule has 0 spiro atoms. The first-order chi connectivity index (χ1) is 9.52. The van der Waals surface area contributed by atoms with Gasteiger partial charge in [-0.05, 0) is 36.4 Å². The number of H-pyrrole nitrogens is 1. The minimum absolute atomic E-state index is 0.296. The first-order valence-corrected chi connectivity index (χ1v) is 7.92. The van der Waals surface area contributed by atoms with Crippen molar-refractivity contribution in [2.45, 2.75) is 4.90 Å². The third-order valence-corrected chi connectivity index (χ3v) is 4.10. The van der Waals surface area contributed by atoms with Crippen molar-refractivity contribution in [1.29, 1.82) is 0 Å². The van der Waals surface area contributed by atoms with E-state index < -0.39 is 9.84 Å². The summed E-state index contributed by atoms with van der Waals surface area (Å²) in [7, 11) is -3.20. The summed E-state index contributed by atoms with van der Waals surface area (Å²) in [5.74, 6) is 0. The van der Waals surface area contributed by atoms with Gasteiger partial charge in [-0.3, -0.25) is 5.10 Å². The molecule has 0 saturated carbocycles. The van der Waals surface area contributed by atoms with E-state index in [1.165, 1.54) is 6.26 Å². The lowest BCUT2D eigenvalue weighted by molar-refractivity contribution is 0.602. The molecule has 0 aliphatic carbocycles. The average molecular weight is 287 g/mol. The lowest BCUT2D eigenvalue weighted by atomic mass is 10.2. The van der Waals surface area contributed by atoms with Crippen LogP contribution in [0.1, 0.15) is 0 Å². The highest BCUT2D eigenvalue weighted by Gasteiger charge is 2.07. The van der Waals surface area contributed by atoms with E-state index in [2.05, 4.69) is 15.5 Å². The van der Waals surface area contributed by atoms with Crippen LogP contribution >= 0.6 is 0 Å². The minimum atomic E-state index is -3.20. The van der Waals surface area contributed by atoms with E-state index in [1.807, 2.05) is 24.3 Å². The Labute approximate surface area is 116 Å². The van der Waals surface area contributed by atoms with Gasteiger partial charge >= 0.3 is 0 Å². The number of nitrogens with one attached hydrogen (secondary N) is 2. The van der Waals surface area contributed by atoms with Gasteiger partial charge in [0.2, 0.25) is 0 Å². The van der Waals surface area contributed by atoms with Crippen LogP contribution in [0.25, 0.3) is 10.9 Å². The quantitative estimate of drug-likeness (QED) is 0.776. The van der Waals surface area contributed by atoms with Crippen molar-refractivity contribution in [2.75, 3.05) is 11.6 Å². The van der Waals surface area contributed by atoms with Gasteiger partial charge in [-0.25, -0.2) is 8.42 Å². The minimum Gasteiger partial charge on any atom is -0.355 e. The molecule has 0 fully saturated rings. The van der Waals surface area contributed by atoms with Crippen molar-refractivity contribution < 1.29 is 8.42 Å². The Balaban J connectivity index is 1.94. The molecule has 2 aromatic carbocycles.